The van der Waals surface area contributed by atoms with Crippen LogP contribution in [0.1, 0.15) is 19.4 Å². The van der Waals surface area contributed by atoms with Gasteiger partial charge in [0, 0.05) is 32.8 Å². The highest BCUT2D eigenvalue weighted by atomic mass is 79.9. The summed E-state index contributed by atoms with van der Waals surface area (Å²) in [7, 11) is 0. The molecule has 0 aliphatic carbocycles. The number of nitrogens with zero attached hydrogens (tertiary/aromatic N) is 1. The summed E-state index contributed by atoms with van der Waals surface area (Å²) in [6.45, 7) is 9.03. The van der Waals surface area contributed by atoms with Crippen LogP contribution < -0.4 is 0 Å². The van der Waals surface area contributed by atoms with Crippen LogP contribution in [-0.2, 0) is 16.0 Å². The van der Waals surface area contributed by atoms with Crippen molar-refractivity contribution in [1.82, 2.24) is 4.90 Å². The van der Waals surface area contributed by atoms with Crippen molar-refractivity contribution in [2.45, 2.75) is 20.4 Å². The summed E-state index contributed by atoms with van der Waals surface area (Å²) in [5.74, 6) is -0.225. The lowest BCUT2D eigenvalue weighted by molar-refractivity contribution is 0.0796. The highest BCUT2D eigenvalue weighted by Crippen LogP contribution is 2.21. The van der Waals surface area contributed by atoms with Gasteiger partial charge in [-0.25, -0.2) is 4.39 Å². The molecule has 1 aromatic rings. The first-order valence-electron chi connectivity index (χ1n) is 6.99. The number of rotatable bonds is 10. The molecule has 0 atom stereocenters. The second kappa shape index (κ2) is 10.3. The van der Waals surface area contributed by atoms with Crippen molar-refractivity contribution in [1.29, 1.82) is 0 Å². The van der Waals surface area contributed by atoms with E-state index in [1.165, 1.54) is 6.07 Å². The molecule has 1 rings (SSSR count). The number of hydrogen-bond acceptors (Lipinski definition) is 3. The maximum atomic E-state index is 13.5. The standard InChI is InChI=1S/C15H23BrFNO2/c1-3-19-10-8-18(9-11-20-4-2)12-13-6-5-7-14(17)15(13)16/h5-7H,3-4,8-12H2,1-2H3. The van der Waals surface area contributed by atoms with E-state index < -0.39 is 0 Å². The highest BCUT2D eigenvalue weighted by Gasteiger charge is 2.10. The van der Waals surface area contributed by atoms with Crippen LogP contribution in [0.5, 0.6) is 0 Å². The van der Waals surface area contributed by atoms with E-state index in [9.17, 15) is 4.39 Å². The predicted molar refractivity (Wildman–Crippen MR) is 82.4 cm³/mol. The van der Waals surface area contributed by atoms with Gasteiger partial charge < -0.3 is 9.47 Å². The second-order valence-electron chi connectivity index (χ2n) is 4.38. The molecule has 20 heavy (non-hydrogen) atoms. The van der Waals surface area contributed by atoms with Crippen LogP contribution in [0.15, 0.2) is 22.7 Å². The molecule has 5 heteroatoms. The Morgan fingerprint density at radius 1 is 1.10 bits per heavy atom. The van der Waals surface area contributed by atoms with Gasteiger partial charge in [0.05, 0.1) is 17.7 Å². The van der Waals surface area contributed by atoms with Gasteiger partial charge in [0.15, 0.2) is 0 Å². The van der Waals surface area contributed by atoms with Gasteiger partial charge in [-0.15, -0.1) is 0 Å². The van der Waals surface area contributed by atoms with Gasteiger partial charge in [-0.3, -0.25) is 4.90 Å². The first-order valence-corrected chi connectivity index (χ1v) is 7.79. The molecule has 0 fully saturated rings. The molecule has 0 unspecified atom stereocenters. The Morgan fingerprint density at radius 2 is 1.70 bits per heavy atom. The fraction of sp³-hybridized carbons (Fsp3) is 0.600. The summed E-state index contributed by atoms with van der Waals surface area (Å²) in [5, 5.41) is 0. The molecule has 3 nitrogen and oxygen atoms in total. The van der Waals surface area contributed by atoms with E-state index in [4.69, 9.17) is 9.47 Å². The maximum absolute atomic E-state index is 13.5. The van der Waals surface area contributed by atoms with Crippen LogP contribution in [-0.4, -0.2) is 44.4 Å². The van der Waals surface area contributed by atoms with Gasteiger partial charge >= 0.3 is 0 Å². The van der Waals surface area contributed by atoms with Crippen molar-refractivity contribution >= 4 is 15.9 Å². The fourth-order valence-corrected chi connectivity index (χ4v) is 2.25. The third-order valence-corrected chi connectivity index (χ3v) is 3.83. The molecule has 0 aliphatic rings. The first kappa shape index (κ1) is 17.6. The molecule has 1 aromatic carbocycles. The average Bonchev–Trinajstić information content (AvgIpc) is 2.44. The Bertz CT molecular complexity index is 380. The van der Waals surface area contributed by atoms with Crippen molar-refractivity contribution in [3.63, 3.8) is 0 Å². The molecule has 0 aliphatic heterocycles. The van der Waals surface area contributed by atoms with Gasteiger partial charge in [-0.05, 0) is 41.4 Å². The normalized spacial score (nSPS) is 11.2. The van der Waals surface area contributed by atoms with Crippen molar-refractivity contribution in [3.8, 4) is 0 Å². The van der Waals surface area contributed by atoms with Gasteiger partial charge in [-0.2, -0.15) is 0 Å². The van der Waals surface area contributed by atoms with Crippen LogP contribution in [0.25, 0.3) is 0 Å². The summed E-state index contributed by atoms with van der Waals surface area (Å²) >= 11 is 3.31. The summed E-state index contributed by atoms with van der Waals surface area (Å²) in [4.78, 5) is 2.21. The van der Waals surface area contributed by atoms with E-state index in [1.807, 2.05) is 19.9 Å². The molecule has 0 aromatic heterocycles. The van der Waals surface area contributed by atoms with Gasteiger partial charge in [0.25, 0.3) is 0 Å². The third-order valence-electron chi connectivity index (χ3n) is 2.94. The molecule has 0 bridgehead atoms. The van der Waals surface area contributed by atoms with E-state index in [0.29, 0.717) is 37.4 Å². The fourth-order valence-electron chi connectivity index (χ4n) is 1.86. The van der Waals surface area contributed by atoms with Gasteiger partial charge in [0.1, 0.15) is 5.82 Å². The summed E-state index contributed by atoms with van der Waals surface area (Å²) < 4.78 is 24.9. The van der Waals surface area contributed by atoms with E-state index in [-0.39, 0.29) is 5.82 Å². The van der Waals surface area contributed by atoms with E-state index in [1.54, 1.807) is 6.07 Å². The van der Waals surface area contributed by atoms with Crippen LogP contribution >= 0.6 is 15.9 Å². The number of halogens is 2. The second-order valence-corrected chi connectivity index (χ2v) is 5.18. The zero-order valence-electron chi connectivity index (χ0n) is 12.2. The van der Waals surface area contributed by atoms with Crippen molar-refractivity contribution in [3.05, 3.63) is 34.1 Å². The topological polar surface area (TPSA) is 21.7 Å². The van der Waals surface area contributed by atoms with Crippen molar-refractivity contribution < 1.29 is 13.9 Å². The van der Waals surface area contributed by atoms with E-state index in [2.05, 4.69) is 20.8 Å². The minimum Gasteiger partial charge on any atom is -0.380 e. The Labute approximate surface area is 129 Å². The van der Waals surface area contributed by atoms with Gasteiger partial charge in [-0.1, -0.05) is 12.1 Å². The minimum atomic E-state index is -0.225. The van der Waals surface area contributed by atoms with Crippen LogP contribution in [0.2, 0.25) is 0 Å². The summed E-state index contributed by atoms with van der Waals surface area (Å²) in [5.41, 5.74) is 0.943. The zero-order chi connectivity index (χ0) is 14.8. The molecular weight excluding hydrogens is 325 g/mol. The molecule has 0 heterocycles. The highest BCUT2D eigenvalue weighted by molar-refractivity contribution is 9.10. The van der Waals surface area contributed by atoms with Crippen molar-refractivity contribution in [2.75, 3.05) is 39.5 Å². The first-order chi connectivity index (χ1) is 9.69. The summed E-state index contributed by atoms with van der Waals surface area (Å²) in [6, 6.07) is 5.12. The van der Waals surface area contributed by atoms with Gasteiger partial charge in [0.2, 0.25) is 0 Å². The van der Waals surface area contributed by atoms with E-state index in [0.717, 1.165) is 18.7 Å². The molecule has 114 valence electrons. The van der Waals surface area contributed by atoms with Crippen LogP contribution in [0.4, 0.5) is 4.39 Å². The lowest BCUT2D eigenvalue weighted by atomic mass is 10.2. The van der Waals surface area contributed by atoms with Crippen molar-refractivity contribution in [2.24, 2.45) is 0 Å². The molecule has 0 saturated heterocycles. The Morgan fingerprint density at radius 3 is 2.25 bits per heavy atom. The maximum Gasteiger partial charge on any atom is 0.137 e. The molecule has 0 saturated carbocycles. The smallest absolute Gasteiger partial charge is 0.137 e. The summed E-state index contributed by atoms with van der Waals surface area (Å²) in [6.07, 6.45) is 0. The van der Waals surface area contributed by atoms with Crippen LogP contribution in [0.3, 0.4) is 0 Å². The third kappa shape index (κ3) is 6.31. The predicted octanol–water partition coefficient (Wildman–Crippen LogP) is 3.46. The molecule has 0 spiro atoms. The zero-order valence-corrected chi connectivity index (χ0v) is 13.8. The number of ether oxygens (including phenoxy) is 2. The molecular formula is C15H23BrFNO2. The van der Waals surface area contributed by atoms with Crippen LogP contribution in [0, 0.1) is 5.82 Å². The lowest BCUT2D eigenvalue weighted by Gasteiger charge is -2.22. The Hall–Kier alpha value is -0.490. The SMILES string of the molecule is CCOCCN(CCOCC)Cc1cccc(F)c1Br. The Kier molecular flexibility index (Phi) is 9.02. The van der Waals surface area contributed by atoms with E-state index >= 15 is 0 Å². The monoisotopic (exact) mass is 347 g/mol. The lowest BCUT2D eigenvalue weighted by Crippen LogP contribution is -2.31. The molecule has 0 amide bonds. The largest absolute Gasteiger partial charge is 0.380 e. The quantitative estimate of drug-likeness (QED) is 0.605. The minimum absolute atomic E-state index is 0.225. The number of benzene rings is 1. The molecule has 0 N–H and O–H groups in total. The molecule has 0 radical (unpaired) electrons. The number of hydrogen-bond donors (Lipinski definition) is 0. The Balaban J connectivity index is 2.59. The average molecular weight is 348 g/mol.